The van der Waals surface area contributed by atoms with Gasteiger partial charge in [-0.25, -0.2) is 0 Å². The molecule has 1 aliphatic heterocycles. The van der Waals surface area contributed by atoms with E-state index in [2.05, 4.69) is 10.1 Å². The molecule has 3 heterocycles. The summed E-state index contributed by atoms with van der Waals surface area (Å²) in [5.74, 6) is 0.0538. The first-order chi connectivity index (χ1) is 10.2. The highest BCUT2D eigenvalue weighted by Crippen LogP contribution is 2.27. The van der Waals surface area contributed by atoms with Gasteiger partial charge in [-0.15, -0.1) is 11.3 Å². The van der Waals surface area contributed by atoms with E-state index >= 15 is 0 Å². The smallest absolute Gasteiger partial charge is 0.304 e. The number of carbonyl (C=O) groups is 1. The van der Waals surface area contributed by atoms with Gasteiger partial charge >= 0.3 is 5.97 Å². The van der Waals surface area contributed by atoms with Gasteiger partial charge in [-0.2, -0.15) is 0 Å². The Morgan fingerprint density at radius 2 is 2.43 bits per heavy atom. The van der Waals surface area contributed by atoms with Crippen LogP contribution < -0.4 is 0 Å². The molecular weight excluding hydrogens is 288 g/mol. The molecule has 0 aliphatic carbocycles. The topological polar surface area (TPSA) is 66.6 Å². The highest BCUT2D eigenvalue weighted by atomic mass is 32.1. The zero-order chi connectivity index (χ0) is 14.7. The third kappa shape index (κ3) is 3.51. The van der Waals surface area contributed by atoms with E-state index in [1.54, 1.807) is 11.3 Å². The van der Waals surface area contributed by atoms with Crippen molar-refractivity contribution in [1.29, 1.82) is 0 Å². The van der Waals surface area contributed by atoms with Crippen LogP contribution in [-0.4, -0.2) is 33.7 Å². The predicted molar refractivity (Wildman–Crippen MR) is 80.1 cm³/mol. The van der Waals surface area contributed by atoms with E-state index in [0.717, 1.165) is 42.1 Å². The number of piperidine rings is 1. The third-order valence-electron chi connectivity index (χ3n) is 3.85. The summed E-state index contributed by atoms with van der Waals surface area (Å²) in [5.41, 5.74) is 0.871. The van der Waals surface area contributed by atoms with Gasteiger partial charge in [0.1, 0.15) is 0 Å². The fourth-order valence-electron chi connectivity index (χ4n) is 2.83. The first-order valence-corrected chi connectivity index (χ1v) is 8.05. The number of rotatable bonds is 5. The number of aromatic nitrogens is 1. The fourth-order valence-corrected chi connectivity index (χ4v) is 3.50. The molecular formula is C15H18N2O3S. The van der Waals surface area contributed by atoms with Crippen LogP contribution in [0.4, 0.5) is 0 Å². The largest absolute Gasteiger partial charge is 0.481 e. The number of hydrogen-bond donors (Lipinski definition) is 1. The van der Waals surface area contributed by atoms with E-state index in [1.807, 2.05) is 23.6 Å². The molecule has 0 bridgehead atoms. The van der Waals surface area contributed by atoms with Crippen LogP contribution in [0.25, 0.3) is 10.6 Å². The Labute approximate surface area is 127 Å². The van der Waals surface area contributed by atoms with Gasteiger partial charge in [0.15, 0.2) is 5.76 Å². The molecule has 1 unspecified atom stereocenters. The van der Waals surface area contributed by atoms with E-state index in [1.165, 1.54) is 0 Å². The number of carboxylic acid groups (broad SMARTS) is 1. The Morgan fingerprint density at radius 3 is 3.19 bits per heavy atom. The lowest BCUT2D eigenvalue weighted by Gasteiger charge is -2.34. The molecule has 112 valence electrons. The third-order valence-corrected chi connectivity index (χ3v) is 4.73. The average molecular weight is 306 g/mol. The second-order valence-corrected chi connectivity index (χ2v) is 6.33. The van der Waals surface area contributed by atoms with Crippen molar-refractivity contribution in [2.24, 2.45) is 0 Å². The van der Waals surface area contributed by atoms with Gasteiger partial charge in [0.05, 0.1) is 17.0 Å². The highest BCUT2D eigenvalue weighted by Gasteiger charge is 2.25. The summed E-state index contributed by atoms with van der Waals surface area (Å²) in [6, 6.07) is 6.05. The lowest BCUT2D eigenvalue weighted by Crippen LogP contribution is -2.40. The quantitative estimate of drug-likeness (QED) is 0.918. The van der Waals surface area contributed by atoms with E-state index in [0.29, 0.717) is 6.54 Å². The molecule has 3 rings (SSSR count). The summed E-state index contributed by atoms with van der Waals surface area (Å²) in [6.07, 6.45) is 3.37. The van der Waals surface area contributed by atoms with E-state index in [9.17, 15) is 4.79 Å². The van der Waals surface area contributed by atoms with E-state index in [-0.39, 0.29) is 12.5 Å². The summed E-state index contributed by atoms with van der Waals surface area (Å²) in [5, 5.41) is 15.1. The molecule has 1 saturated heterocycles. The number of hydrogen-bond acceptors (Lipinski definition) is 5. The molecule has 1 N–H and O–H groups in total. The second kappa shape index (κ2) is 6.41. The normalized spacial score (nSPS) is 19.7. The molecule has 1 atom stereocenters. The summed E-state index contributed by atoms with van der Waals surface area (Å²) in [4.78, 5) is 14.2. The number of nitrogens with zero attached hydrogens (tertiary/aromatic N) is 2. The van der Waals surface area contributed by atoms with Gasteiger partial charge in [-0.3, -0.25) is 9.69 Å². The predicted octanol–water partition coefficient (Wildman–Crippen LogP) is 3.23. The van der Waals surface area contributed by atoms with Crippen LogP contribution in [0.15, 0.2) is 28.1 Å². The Kier molecular flexibility index (Phi) is 4.36. The summed E-state index contributed by atoms with van der Waals surface area (Å²) < 4.78 is 5.38. The number of thiophene rings is 1. The molecule has 2 aromatic heterocycles. The van der Waals surface area contributed by atoms with Crippen molar-refractivity contribution in [2.45, 2.75) is 38.3 Å². The van der Waals surface area contributed by atoms with Crippen molar-refractivity contribution < 1.29 is 14.4 Å². The van der Waals surface area contributed by atoms with Crippen LogP contribution in [-0.2, 0) is 11.3 Å². The zero-order valence-electron chi connectivity index (χ0n) is 11.7. The zero-order valence-corrected chi connectivity index (χ0v) is 12.5. The van der Waals surface area contributed by atoms with Gasteiger partial charge in [0.25, 0.3) is 0 Å². The standard InChI is InChI=1S/C15H18N2O3S/c18-15(19)9-12-4-1-2-6-17(12)10-11-8-13(20-16-11)14-5-3-7-21-14/h3,5,7-8,12H,1-2,4,6,9-10H2,(H,18,19). The van der Waals surface area contributed by atoms with Crippen LogP contribution in [0.1, 0.15) is 31.4 Å². The Hall–Kier alpha value is -1.66. The van der Waals surface area contributed by atoms with Gasteiger partial charge in [-0.1, -0.05) is 17.6 Å². The molecule has 1 aliphatic rings. The molecule has 21 heavy (non-hydrogen) atoms. The minimum Gasteiger partial charge on any atom is -0.481 e. The van der Waals surface area contributed by atoms with Crippen molar-refractivity contribution in [3.05, 3.63) is 29.3 Å². The van der Waals surface area contributed by atoms with Crippen molar-refractivity contribution in [3.8, 4) is 10.6 Å². The Morgan fingerprint density at radius 1 is 1.52 bits per heavy atom. The maximum atomic E-state index is 11.0. The van der Waals surface area contributed by atoms with Crippen molar-refractivity contribution in [3.63, 3.8) is 0 Å². The van der Waals surface area contributed by atoms with Crippen LogP contribution in [0.3, 0.4) is 0 Å². The molecule has 2 aromatic rings. The number of aliphatic carboxylic acids is 1. The maximum absolute atomic E-state index is 11.0. The lowest BCUT2D eigenvalue weighted by atomic mass is 9.99. The molecule has 0 radical (unpaired) electrons. The fraction of sp³-hybridized carbons (Fsp3) is 0.467. The maximum Gasteiger partial charge on any atom is 0.304 e. The van der Waals surface area contributed by atoms with Gasteiger partial charge < -0.3 is 9.63 Å². The van der Waals surface area contributed by atoms with Gasteiger partial charge in [0, 0.05) is 18.7 Å². The average Bonchev–Trinajstić information content (AvgIpc) is 3.11. The molecule has 5 nitrogen and oxygen atoms in total. The summed E-state index contributed by atoms with van der Waals surface area (Å²) >= 11 is 1.62. The first-order valence-electron chi connectivity index (χ1n) is 7.17. The summed E-state index contributed by atoms with van der Waals surface area (Å²) in [6.45, 7) is 1.59. The summed E-state index contributed by atoms with van der Waals surface area (Å²) in [7, 11) is 0. The minimum absolute atomic E-state index is 0.109. The molecule has 1 fully saturated rings. The van der Waals surface area contributed by atoms with Crippen molar-refractivity contribution in [1.82, 2.24) is 10.1 Å². The van der Waals surface area contributed by atoms with Crippen LogP contribution in [0.2, 0.25) is 0 Å². The van der Waals surface area contributed by atoms with E-state index < -0.39 is 5.97 Å². The monoisotopic (exact) mass is 306 g/mol. The first kappa shape index (κ1) is 14.3. The van der Waals surface area contributed by atoms with Crippen LogP contribution in [0, 0.1) is 0 Å². The molecule has 6 heteroatoms. The number of likely N-dealkylation sites (tertiary alicyclic amines) is 1. The lowest BCUT2D eigenvalue weighted by molar-refractivity contribution is -0.138. The molecule has 0 saturated carbocycles. The van der Waals surface area contributed by atoms with E-state index in [4.69, 9.17) is 9.63 Å². The Balaban J connectivity index is 1.68. The van der Waals surface area contributed by atoms with Gasteiger partial charge in [0.2, 0.25) is 0 Å². The Bertz CT molecular complexity index is 594. The second-order valence-electron chi connectivity index (χ2n) is 5.38. The highest BCUT2D eigenvalue weighted by molar-refractivity contribution is 7.13. The molecule has 0 amide bonds. The van der Waals surface area contributed by atoms with Crippen molar-refractivity contribution in [2.75, 3.05) is 6.54 Å². The van der Waals surface area contributed by atoms with Crippen LogP contribution in [0.5, 0.6) is 0 Å². The van der Waals surface area contributed by atoms with Crippen molar-refractivity contribution >= 4 is 17.3 Å². The number of carboxylic acids is 1. The SMILES string of the molecule is O=C(O)CC1CCCCN1Cc1cc(-c2cccs2)on1. The molecule has 0 spiro atoms. The van der Waals surface area contributed by atoms with Crippen LogP contribution >= 0.6 is 11.3 Å². The minimum atomic E-state index is -0.730. The molecule has 0 aromatic carbocycles. The van der Waals surface area contributed by atoms with Gasteiger partial charge in [-0.05, 0) is 30.8 Å².